The van der Waals surface area contributed by atoms with Crippen molar-refractivity contribution in [1.29, 1.82) is 0 Å². The van der Waals surface area contributed by atoms with Gasteiger partial charge >= 0.3 is 0 Å². The van der Waals surface area contributed by atoms with E-state index in [1.807, 2.05) is 19.9 Å². The molecule has 0 amide bonds. The summed E-state index contributed by atoms with van der Waals surface area (Å²) in [5.41, 5.74) is 1.02. The Bertz CT molecular complexity index is 372. The van der Waals surface area contributed by atoms with Gasteiger partial charge in [0.05, 0.1) is 0 Å². The van der Waals surface area contributed by atoms with Gasteiger partial charge in [0.1, 0.15) is 5.78 Å². The van der Waals surface area contributed by atoms with Crippen LogP contribution in [0.1, 0.15) is 32.3 Å². The molecule has 1 aromatic carbocycles. The van der Waals surface area contributed by atoms with Crippen LogP contribution in [-0.2, 0) is 11.2 Å². The minimum Gasteiger partial charge on any atom is -0.299 e. The molecule has 0 bridgehead atoms. The van der Waals surface area contributed by atoms with E-state index < -0.39 is 0 Å². The van der Waals surface area contributed by atoms with Crippen molar-refractivity contribution >= 4 is 29.0 Å². The number of Topliss-reactive ketones (excluding diaryl/α,β-unsaturated/α-hetero) is 1. The molecule has 0 saturated carbocycles. The van der Waals surface area contributed by atoms with Crippen molar-refractivity contribution in [1.82, 2.24) is 0 Å². The lowest BCUT2D eigenvalue weighted by atomic mass is 10.0. The topological polar surface area (TPSA) is 17.1 Å². The van der Waals surface area contributed by atoms with Gasteiger partial charge in [-0.15, -0.1) is 0 Å². The molecule has 0 heterocycles. The Hall–Kier alpha value is -0.530. The molecule has 16 heavy (non-hydrogen) atoms. The molecule has 0 unspecified atom stereocenters. The third-order valence-electron chi connectivity index (χ3n) is 2.52. The number of benzene rings is 1. The molecule has 0 aromatic heterocycles. The Morgan fingerprint density at radius 1 is 1.31 bits per heavy atom. The average molecular weight is 259 g/mol. The number of ketones is 1. The van der Waals surface area contributed by atoms with E-state index in [2.05, 4.69) is 0 Å². The normalized spacial score (nSPS) is 10.8. The first-order chi connectivity index (χ1) is 7.50. The number of carbonyl (C=O) groups excluding carboxylic acids is 1. The van der Waals surface area contributed by atoms with Gasteiger partial charge in [-0.2, -0.15) is 0 Å². The van der Waals surface area contributed by atoms with Crippen LogP contribution in [0.4, 0.5) is 0 Å². The van der Waals surface area contributed by atoms with Gasteiger partial charge in [-0.1, -0.05) is 37.0 Å². The Balaban J connectivity index is 2.49. The molecule has 0 N–H and O–H groups in total. The summed E-state index contributed by atoms with van der Waals surface area (Å²) in [5, 5.41) is 1.41. The fraction of sp³-hybridized carbons (Fsp3) is 0.462. The fourth-order valence-corrected chi connectivity index (χ4v) is 1.88. The molecular weight excluding hydrogens is 243 g/mol. The third-order valence-corrected chi connectivity index (χ3v) is 3.12. The Kier molecular flexibility index (Phi) is 5.30. The molecule has 1 nitrogen and oxygen atoms in total. The summed E-state index contributed by atoms with van der Waals surface area (Å²) >= 11 is 11.9. The molecule has 0 spiro atoms. The van der Waals surface area contributed by atoms with E-state index in [9.17, 15) is 4.79 Å². The van der Waals surface area contributed by atoms with E-state index in [1.165, 1.54) is 0 Å². The van der Waals surface area contributed by atoms with Gasteiger partial charge < -0.3 is 0 Å². The van der Waals surface area contributed by atoms with Crippen LogP contribution < -0.4 is 0 Å². The summed E-state index contributed by atoms with van der Waals surface area (Å²) in [4.78, 5) is 11.4. The summed E-state index contributed by atoms with van der Waals surface area (Å²) in [6.45, 7) is 3.85. The zero-order valence-electron chi connectivity index (χ0n) is 9.59. The van der Waals surface area contributed by atoms with E-state index in [4.69, 9.17) is 23.2 Å². The summed E-state index contributed by atoms with van der Waals surface area (Å²) in [7, 11) is 0. The van der Waals surface area contributed by atoms with Gasteiger partial charge in [0.25, 0.3) is 0 Å². The van der Waals surface area contributed by atoms with E-state index in [-0.39, 0.29) is 5.92 Å². The van der Waals surface area contributed by atoms with E-state index in [0.29, 0.717) is 17.2 Å². The predicted octanol–water partition coefficient (Wildman–Crippen LogP) is 4.54. The summed E-state index contributed by atoms with van der Waals surface area (Å²) < 4.78 is 0. The number of hydrogen-bond acceptors (Lipinski definition) is 1. The lowest BCUT2D eigenvalue weighted by molar-refractivity contribution is -0.121. The molecule has 0 aliphatic rings. The monoisotopic (exact) mass is 258 g/mol. The Morgan fingerprint density at radius 3 is 2.62 bits per heavy atom. The molecule has 0 saturated heterocycles. The first kappa shape index (κ1) is 13.5. The maximum atomic E-state index is 11.4. The second kappa shape index (κ2) is 6.27. The molecule has 3 heteroatoms. The first-order valence-corrected chi connectivity index (χ1v) is 6.23. The van der Waals surface area contributed by atoms with Crippen molar-refractivity contribution in [3.05, 3.63) is 33.8 Å². The van der Waals surface area contributed by atoms with E-state index in [1.54, 1.807) is 12.1 Å². The smallest absolute Gasteiger partial charge is 0.135 e. The maximum Gasteiger partial charge on any atom is 0.135 e. The van der Waals surface area contributed by atoms with Crippen LogP contribution in [0.3, 0.4) is 0 Å². The van der Waals surface area contributed by atoms with Crippen LogP contribution in [0, 0.1) is 5.92 Å². The molecule has 1 aromatic rings. The highest BCUT2D eigenvalue weighted by Crippen LogP contribution is 2.22. The van der Waals surface area contributed by atoms with Crippen LogP contribution in [0.5, 0.6) is 0 Å². The second-order valence-corrected chi connectivity index (χ2v) is 5.05. The predicted molar refractivity (Wildman–Crippen MR) is 69.2 cm³/mol. The van der Waals surface area contributed by atoms with Crippen molar-refractivity contribution in [2.24, 2.45) is 5.92 Å². The highest BCUT2D eigenvalue weighted by Gasteiger charge is 2.07. The first-order valence-electron chi connectivity index (χ1n) is 5.47. The van der Waals surface area contributed by atoms with Crippen molar-refractivity contribution in [3.63, 3.8) is 0 Å². The van der Waals surface area contributed by atoms with E-state index in [0.717, 1.165) is 23.4 Å². The SMILES string of the molecule is CC(C)C(=O)CCCc1cc(Cl)ccc1Cl. The van der Waals surface area contributed by atoms with Gasteiger partial charge in [-0.3, -0.25) is 4.79 Å². The lowest BCUT2D eigenvalue weighted by Crippen LogP contribution is -2.06. The summed E-state index contributed by atoms with van der Waals surface area (Å²) in [6.07, 6.45) is 2.25. The number of halogens is 2. The molecule has 1 rings (SSSR count). The van der Waals surface area contributed by atoms with Gasteiger partial charge in [-0.05, 0) is 36.6 Å². The standard InChI is InChI=1S/C13H16Cl2O/c1-9(2)13(16)5-3-4-10-8-11(14)6-7-12(10)15/h6-9H,3-5H2,1-2H3. The number of rotatable bonds is 5. The van der Waals surface area contributed by atoms with E-state index >= 15 is 0 Å². The van der Waals surface area contributed by atoms with Crippen LogP contribution in [0.15, 0.2) is 18.2 Å². The largest absolute Gasteiger partial charge is 0.299 e. The minimum absolute atomic E-state index is 0.120. The Labute approximate surface area is 107 Å². The van der Waals surface area contributed by atoms with Gasteiger partial charge in [0, 0.05) is 22.4 Å². The van der Waals surface area contributed by atoms with Gasteiger partial charge in [0.2, 0.25) is 0 Å². The molecule has 0 radical (unpaired) electrons. The zero-order chi connectivity index (χ0) is 12.1. The fourth-order valence-electron chi connectivity index (χ4n) is 1.48. The van der Waals surface area contributed by atoms with Gasteiger partial charge in [-0.25, -0.2) is 0 Å². The van der Waals surface area contributed by atoms with Gasteiger partial charge in [0.15, 0.2) is 0 Å². The molecule has 0 aliphatic heterocycles. The highest BCUT2D eigenvalue weighted by molar-refractivity contribution is 6.33. The summed E-state index contributed by atoms with van der Waals surface area (Å²) in [5.74, 6) is 0.424. The lowest BCUT2D eigenvalue weighted by Gasteiger charge is -2.06. The summed E-state index contributed by atoms with van der Waals surface area (Å²) in [6, 6.07) is 5.43. The van der Waals surface area contributed by atoms with Crippen molar-refractivity contribution in [2.75, 3.05) is 0 Å². The molecule has 0 atom stereocenters. The average Bonchev–Trinajstić information content (AvgIpc) is 2.22. The van der Waals surface area contributed by atoms with Crippen LogP contribution >= 0.6 is 23.2 Å². The molecule has 88 valence electrons. The highest BCUT2D eigenvalue weighted by atomic mass is 35.5. The van der Waals surface area contributed by atoms with Crippen LogP contribution in [-0.4, -0.2) is 5.78 Å². The number of carbonyl (C=O) groups is 1. The van der Waals surface area contributed by atoms with Crippen LogP contribution in [0.2, 0.25) is 10.0 Å². The maximum absolute atomic E-state index is 11.4. The molecular formula is C13H16Cl2O. The van der Waals surface area contributed by atoms with Crippen molar-refractivity contribution in [3.8, 4) is 0 Å². The molecule has 0 aliphatic carbocycles. The molecule has 0 fully saturated rings. The quantitative estimate of drug-likeness (QED) is 0.758. The zero-order valence-corrected chi connectivity index (χ0v) is 11.1. The van der Waals surface area contributed by atoms with Crippen molar-refractivity contribution < 1.29 is 4.79 Å². The number of hydrogen-bond donors (Lipinski definition) is 0. The van der Waals surface area contributed by atoms with Crippen LogP contribution in [0.25, 0.3) is 0 Å². The Morgan fingerprint density at radius 2 is 2.00 bits per heavy atom. The minimum atomic E-state index is 0.120. The third kappa shape index (κ3) is 4.15. The second-order valence-electron chi connectivity index (χ2n) is 4.21. The van der Waals surface area contributed by atoms with Crippen molar-refractivity contribution in [2.45, 2.75) is 33.1 Å². The number of aryl methyl sites for hydroxylation is 1.